The molecule has 3 rings (SSSR count). The van der Waals surface area contributed by atoms with Crippen molar-refractivity contribution in [3.63, 3.8) is 0 Å². The molecule has 0 atom stereocenters. The number of hydrogen-bond donors (Lipinski definition) is 2. The lowest BCUT2D eigenvalue weighted by Gasteiger charge is -2.21. The lowest BCUT2D eigenvalue weighted by atomic mass is 10.1. The third kappa shape index (κ3) is 4.10. The Morgan fingerprint density at radius 3 is 2.48 bits per heavy atom. The van der Waals surface area contributed by atoms with Gasteiger partial charge in [0, 0.05) is 24.2 Å². The van der Waals surface area contributed by atoms with Crippen molar-refractivity contribution in [1.29, 1.82) is 0 Å². The summed E-state index contributed by atoms with van der Waals surface area (Å²) in [4.78, 5) is 15.4. The van der Waals surface area contributed by atoms with Gasteiger partial charge in [0.05, 0.1) is 11.5 Å². The Labute approximate surface area is 158 Å². The Balaban J connectivity index is 2.02. The Bertz CT molecular complexity index is 1090. The summed E-state index contributed by atoms with van der Waals surface area (Å²) in [5, 5.41) is 10.2. The van der Waals surface area contributed by atoms with E-state index in [0.717, 1.165) is 21.7 Å². The molecule has 0 aliphatic rings. The largest absolute Gasteiger partial charge is 0.395 e. The fraction of sp³-hybridized carbons (Fsp3) is 0.250. The van der Waals surface area contributed by atoms with Gasteiger partial charge in [-0.15, -0.1) is 0 Å². The zero-order valence-electron chi connectivity index (χ0n) is 15.1. The number of hydrogen-bond acceptors (Lipinski definition) is 4. The van der Waals surface area contributed by atoms with Crippen LogP contribution in [0.5, 0.6) is 0 Å². The number of aliphatic hydroxyl groups excluding tert-OH is 1. The summed E-state index contributed by atoms with van der Waals surface area (Å²) in [6.45, 7) is 1.50. The van der Waals surface area contributed by atoms with Crippen molar-refractivity contribution in [3.8, 4) is 0 Å². The lowest BCUT2D eigenvalue weighted by Crippen LogP contribution is -2.35. The van der Waals surface area contributed by atoms with E-state index in [1.807, 2.05) is 25.1 Å². The number of benzene rings is 2. The van der Waals surface area contributed by atoms with Crippen LogP contribution in [0, 0.1) is 0 Å². The molecule has 1 aromatic heterocycles. The Kier molecular flexibility index (Phi) is 5.74. The van der Waals surface area contributed by atoms with E-state index < -0.39 is 10.0 Å². The fourth-order valence-electron chi connectivity index (χ4n) is 2.97. The monoisotopic (exact) mass is 386 g/mol. The molecule has 0 aliphatic heterocycles. The van der Waals surface area contributed by atoms with Crippen LogP contribution < -0.4 is 5.56 Å². The topological polar surface area (TPSA) is 90.5 Å². The van der Waals surface area contributed by atoms with Gasteiger partial charge in [-0.2, -0.15) is 4.31 Å². The summed E-state index contributed by atoms with van der Waals surface area (Å²) < 4.78 is 26.9. The molecule has 0 amide bonds. The normalized spacial score (nSPS) is 12.0. The third-order valence-electron chi connectivity index (χ3n) is 4.47. The van der Waals surface area contributed by atoms with Gasteiger partial charge in [-0.05, 0) is 47.7 Å². The van der Waals surface area contributed by atoms with Crippen LogP contribution in [0.25, 0.3) is 10.9 Å². The van der Waals surface area contributed by atoms with Crippen LogP contribution in [0.1, 0.15) is 18.1 Å². The summed E-state index contributed by atoms with van der Waals surface area (Å²) in [7, 11) is -3.82. The maximum absolute atomic E-state index is 12.9. The van der Waals surface area contributed by atoms with E-state index in [4.69, 9.17) is 0 Å². The molecule has 3 aromatic rings. The maximum Gasteiger partial charge on any atom is 0.252 e. The molecule has 0 saturated carbocycles. The highest BCUT2D eigenvalue weighted by Gasteiger charge is 2.25. The molecule has 27 heavy (non-hydrogen) atoms. The SMILES string of the molecule is CCc1ccc2[nH]c(=O)c(CN(CCO)S(=O)(=O)c3ccccc3)cc2c1. The van der Waals surface area contributed by atoms with Gasteiger partial charge in [0.2, 0.25) is 10.0 Å². The fourth-order valence-corrected chi connectivity index (χ4v) is 4.40. The minimum Gasteiger partial charge on any atom is -0.395 e. The Hall–Kier alpha value is -2.48. The molecule has 0 radical (unpaired) electrons. The summed E-state index contributed by atoms with van der Waals surface area (Å²) in [6.07, 6.45) is 0.865. The molecule has 0 saturated heterocycles. The molecule has 142 valence electrons. The highest BCUT2D eigenvalue weighted by atomic mass is 32.2. The van der Waals surface area contributed by atoms with Crippen molar-refractivity contribution in [3.05, 3.63) is 76.1 Å². The number of pyridine rings is 1. The molecular weight excluding hydrogens is 364 g/mol. The minimum absolute atomic E-state index is 0.0935. The van der Waals surface area contributed by atoms with Crippen LogP contribution in [0.2, 0.25) is 0 Å². The molecule has 0 spiro atoms. The first-order chi connectivity index (χ1) is 13.0. The van der Waals surface area contributed by atoms with Crippen molar-refractivity contribution in [2.45, 2.75) is 24.8 Å². The first-order valence-electron chi connectivity index (χ1n) is 8.76. The number of nitrogens with one attached hydrogen (secondary N) is 1. The van der Waals surface area contributed by atoms with Gasteiger partial charge in [0.25, 0.3) is 5.56 Å². The van der Waals surface area contributed by atoms with E-state index in [0.29, 0.717) is 11.1 Å². The average Bonchev–Trinajstić information content (AvgIpc) is 2.68. The van der Waals surface area contributed by atoms with Crippen molar-refractivity contribution >= 4 is 20.9 Å². The summed E-state index contributed by atoms with van der Waals surface area (Å²) in [5.41, 5.74) is 1.84. The molecule has 6 nitrogen and oxygen atoms in total. The summed E-state index contributed by atoms with van der Waals surface area (Å²) >= 11 is 0. The molecule has 2 N–H and O–H groups in total. The molecule has 0 aliphatic carbocycles. The van der Waals surface area contributed by atoms with Crippen LogP contribution >= 0.6 is 0 Å². The number of H-pyrrole nitrogens is 1. The molecule has 0 fully saturated rings. The third-order valence-corrected chi connectivity index (χ3v) is 6.33. The summed E-state index contributed by atoms with van der Waals surface area (Å²) in [5.74, 6) is 0. The van der Waals surface area contributed by atoms with Gasteiger partial charge in [0.1, 0.15) is 0 Å². The van der Waals surface area contributed by atoms with Crippen molar-refractivity contribution in [1.82, 2.24) is 9.29 Å². The average molecular weight is 386 g/mol. The second-order valence-corrected chi connectivity index (χ2v) is 8.21. The van der Waals surface area contributed by atoms with Gasteiger partial charge in [0.15, 0.2) is 0 Å². The number of rotatable bonds is 7. The molecule has 2 aromatic carbocycles. The van der Waals surface area contributed by atoms with Crippen LogP contribution in [0.15, 0.2) is 64.3 Å². The van der Waals surface area contributed by atoms with Crippen molar-refractivity contribution in [2.24, 2.45) is 0 Å². The van der Waals surface area contributed by atoms with Gasteiger partial charge in [-0.3, -0.25) is 4.79 Å². The van der Waals surface area contributed by atoms with Crippen LogP contribution in [-0.4, -0.2) is 36.0 Å². The van der Waals surface area contributed by atoms with E-state index >= 15 is 0 Å². The smallest absolute Gasteiger partial charge is 0.252 e. The predicted molar refractivity (Wildman–Crippen MR) is 105 cm³/mol. The van der Waals surface area contributed by atoms with E-state index in [-0.39, 0.29) is 30.2 Å². The first-order valence-corrected chi connectivity index (χ1v) is 10.2. The standard InChI is InChI=1S/C20H22N2O4S/c1-2-15-8-9-19-16(12-15)13-17(20(24)21-19)14-22(10-11-23)27(25,26)18-6-4-3-5-7-18/h3-9,12-13,23H,2,10-11,14H2,1H3,(H,21,24). The first kappa shape index (κ1) is 19.3. The molecule has 7 heteroatoms. The van der Waals surface area contributed by atoms with E-state index in [1.54, 1.807) is 24.3 Å². The number of sulfonamides is 1. The maximum atomic E-state index is 12.9. The number of nitrogens with zero attached hydrogens (tertiary/aromatic N) is 1. The number of aryl methyl sites for hydroxylation is 1. The number of aromatic nitrogens is 1. The van der Waals surface area contributed by atoms with Crippen molar-refractivity contribution < 1.29 is 13.5 Å². The number of aromatic amines is 1. The second kappa shape index (κ2) is 8.04. The van der Waals surface area contributed by atoms with E-state index in [1.165, 1.54) is 12.1 Å². The summed E-state index contributed by atoms with van der Waals surface area (Å²) in [6, 6.07) is 15.5. The molecule has 0 unspecified atom stereocenters. The molecule has 1 heterocycles. The predicted octanol–water partition coefficient (Wildman–Crippen LogP) is 2.27. The molecule has 0 bridgehead atoms. The molecular formula is C20H22N2O4S. The van der Waals surface area contributed by atoms with Crippen molar-refractivity contribution in [2.75, 3.05) is 13.2 Å². The van der Waals surface area contributed by atoms with Crippen LogP contribution in [0.3, 0.4) is 0 Å². The lowest BCUT2D eigenvalue weighted by molar-refractivity contribution is 0.251. The minimum atomic E-state index is -3.82. The van der Waals surface area contributed by atoms with Crippen LogP contribution in [-0.2, 0) is 23.0 Å². The number of fused-ring (bicyclic) bond motifs is 1. The zero-order valence-corrected chi connectivity index (χ0v) is 15.9. The number of aliphatic hydroxyl groups is 1. The second-order valence-electron chi connectivity index (χ2n) is 6.27. The van der Waals surface area contributed by atoms with Crippen LogP contribution in [0.4, 0.5) is 0 Å². The van der Waals surface area contributed by atoms with Gasteiger partial charge < -0.3 is 10.1 Å². The van der Waals surface area contributed by atoms with E-state index in [2.05, 4.69) is 4.98 Å². The Morgan fingerprint density at radius 2 is 1.81 bits per heavy atom. The highest BCUT2D eigenvalue weighted by molar-refractivity contribution is 7.89. The van der Waals surface area contributed by atoms with Gasteiger partial charge in [-0.25, -0.2) is 8.42 Å². The zero-order chi connectivity index (χ0) is 19.4. The van der Waals surface area contributed by atoms with Gasteiger partial charge >= 0.3 is 0 Å². The van der Waals surface area contributed by atoms with Gasteiger partial charge in [-0.1, -0.05) is 31.2 Å². The van der Waals surface area contributed by atoms with E-state index in [9.17, 15) is 18.3 Å². The highest BCUT2D eigenvalue weighted by Crippen LogP contribution is 2.19. The Morgan fingerprint density at radius 1 is 1.07 bits per heavy atom. The quantitative estimate of drug-likeness (QED) is 0.652.